The van der Waals surface area contributed by atoms with E-state index in [-0.39, 0.29) is 5.82 Å². The number of halogens is 1. The molecule has 0 heterocycles. The molecule has 0 fully saturated rings. The highest BCUT2D eigenvalue weighted by molar-refractivity contribution is 5.79. The first-order valence-corrected chi connectivity index (χ1v) is 6.17. The number of rotatable bonds is 4. The number of hydrogen-bond acceptors (Lipinski definition) is 2. The zero-order valence-corrected chi connectivity index (χ0v) is 12.3. The van der Waals surface area contributed by atoms with Gasteiger partial charge < -0.3 is 14.5 Å². The van der Waals surface area contributed by atoms with Crippen LogP contribution in [0.5, 0.6) is 5.75 Å². The molecule has 1 aromatic carbocycles. The first-order chi connectivity index (χ1) is 8.95. The lowest BCUT2D eigenvalue weighted by atomic mass is 10.1. The van der Waals surface area contributed by atoms with Crippen LogP contribution in [-0.4, -0.2) is 57.6 Å². The molecule has 0 aliphatic carbocycles. The average Bonchev–Trinajstić information content (AvgIpc) is 2.35. The summed E-state index contributed by atoms with van der Waals surface area (Å²) in [5.74, 6) is 1.16. The summed E-state index contributed by atoms with van der Waals surface area (Å²) in [7, 11) is 9.28. The lowest BCUT2D eigenvalue weighted by molar-refractivity contribution is 0.410. The minimum atomic E-state index is -0.245. The van der Waals surface area contributed by atoms with Crippen molar-refractivity contribution in [2.45, 2.75) is 6.42 Å². The first-order valence-electron chi connectivity index (χ1n) is 6.17. The summed E-state index contributed by atoms with van der Waals surface area (Å²) in [5, 5.41) is 0. The number of hydrogen-bond donors (Lipinski definition) is 0. The highest BCUT2D eigenvalue weighted by atomic mass is 19.1. The van der Waals surface area contributed by atoms with E-state index < -0.39 is 0 Å². The topological polar surface area (TPSA) is 28.1 Å². The highest BCUT2D eigenvalue weighted by Gasteiger charge is 2.06. The fourth-order valence-electron chi connectivity index (χ4n) is 1.82. The van der Waals surface area contributed by atoms with Gasteiger partial charge in [-0.15, -0.1) is 0 Å². The van der Waals surface area contributed by atoms with Gasteiger partial charge in [0.25, 0.3) is 0 Å². The van der Waals surface area contributed by atoms with Crippen LogP contribution in [0, 0.1) is 5.82 Å². The van der Waals surface area contributed by atoms with Crippen LogP contribution < -0.4 is 4.74 Å². The van der Waals surface area contributed by atoms with E-state index >= 15 is 0 Å². The molecule has 0 N–H and O–H groups in total. The zero-order chi connectivity index (χ0) is 14.4. The normalized spacial score (nSPS) is 10.0. The second-order valence-electron chi connectivity index (χ2n) is 4.68. The molecule has 19 heavy (non-hydrogen) atoms. The number of benzene rings is 1. The maximum absolute atomic E-state index is 13.7. The second kappa shape index (κ2) is 6.97. The van der Waals surface area contributed by atoms with Crippen LogP contribution >= 0.6 is 0 Å². The second-order valence-corrected chi connectivity index (χ2v) is 4.68. The van der Waals surface area contributed by atoms with Gasteiger partial charge in [0, 0.05) is 40.8 Å². The fourth-order valence-corrected chi connectivity index (χ4v) is 1.82. The van der Waals surface area contributed by atoms with E-state index in [1.54, 1.807) is 12.1 Å². The van der Waals surface area contributed by atoms with E-state index in [9.17, 15) is 4.39 Å². The van der Waals surface area contributed by atoms with Gasteiger partial charge in [-0.2, -0.15) is 0 Å². The van der Waals surface area contributed by atoms with Gasteiger partial charge in [0.2, 0.25) is 0 Å². The van der Waals surface area contributed by atoms with Crippen molar-refractivity contribution in [3.63, 3.8) is 0 Å². The average molecular weight is 267 g/mol. The van der Waals surface area contributed by atoms with Crippen molar-refractivity contribution >= 4 is 5.96 Å². The quantitative estimate of drug-likeness (QED) is 0.615. The molecule has 1 aromatic rings. The summed E-state index contributed by atoms with van der Waals surface area (Å²) in [4.78, 5) is 8.34. The van der Waals surface area contributed by atoms with Crippen LogP contribution in [0.1, 0.15) is 5.56 Å². The molecule has 0 aliphatic heterocycles. The monoisotopic (exact) mass is 267 g/mol. The van der Waals surface area contributed by atoms with Crippen LogP contribution in [-0.2, 0) is 6.42 Å². The number of guanidine groups is 1. The predicted molar refractivity (Wildman–Crippen MR) is 76.3 cm³/mol. The van der Waals surface area contributed by atoms with Crippen LogP contribution in [0.25, 0.3) is 0 Å². The Hall–Kier alpha value is -1.78. The predicted octanol–water partition coefficient (Wildman–Crippen LogP) is 1.86. The highest BCUT2D eigenvalue weighted by Crippen LogP contribution is 2.16. The van der Waals surface area contributed by atoms with Crippen LogP contribution in [0.3, 0.4) is 0 Å². The smallest absolute Gasteiger partial charge is 0.195 e. The molecule has 0 saturated heterocycles. The Morgan fingerprint density at radius 1 is 1.21 bits per heavy atom. The number of ether oxygens (including phenoxy) is 1. The van der Waals surface area contributed by atoms with E-state index in [4.69, 9.17) is 4.74 Å². The van der Waals surface area contributed by atoms with Crippen molar-refractivity contribution in [3.05, 3.63) is 29.6 Å². The molecule has 0 spiro atoms. The third kappa shape index (κ3) is 4.43. The van der Waals surface area contributed by atoms with E-state index in [1.807, 2.05) is 38.0 Å². The van der Waals surface area contributed by atoms with Crippen molar-refractivity contribution in [2.75, 3.05) is 41.8 Å². The molecule has 0 atom stereocenters. The van der Waals surface area contributed by atoms with Gasteiger partial charge >= 0.3 is 0 Å². The van der Waals surface area contributed by atoms with E-state index in [0.717, 1.165) is 5.96 Å². The summed E-state index contributed by atoms with van der Waals surface area (Å²) in [6.07, 6.45) is 0.570. The maximum Gasteiger partial charge on any atom is 0.195 e. The Morgan fingerprint density at radius 2 is 1.84 bits per heavy atom. The summed E-state index contributed by atoms with van der Waals surface area (Å²) in [6, 6.07) is 4.91. The van der Waals surface area contributed by atoms with E-state index in [0.29, 0.717) is 24.3 Å². The molecule has 0 aromatic heterocycles. The Labute approximate surface area is 114 Å². The molecule has 106 valence electrons. The van der Waals surface area contributed by atoms with Gasteiger partial charge in [0.1, 0.15) is 11.6 Å². The molecule has 0 bridgehead atoms. The van der Waals surface area contributed by atoms with Gasteiger partial charge in [0.05, 0.1) is 7.11 Å². The molecule has 4 nitrogen and oxygen atoms in total. The van der Waals surface area contributed by atoms with Crippen molar-refractivity contribution in [1.82, 2.24) is 9.80 Å². The molecule has 0 unspecified atom stereocenters. The van der Waals surface area contributed by atoms with Crippen molar-refractivity contribution in [1.29, 1.82) is 0 Å². The standard InChI is InChI=1S/C14H22FN3O/c1-17(2)14(18(3)4)16-9-8-11-6-7-12(19-5)10-13(11)15/h6-7,10H,8-9H2,1-5H3. The molecule has 0 saturated carbocycles. The van der Waals surface area contributed by atoms with Gasteiger partial charge in [-0.1, -0.05) is 6.07 Å². The molecule has 5 heteroatoms. The molecule has 0 radical (unpaired) electrons. The molecule has 0 aliphatic rings. The minimum absolute atomic E-state index is 0.245. The van der Waals surface area contributed by atoms with Crippen LogP contribution in [0.4, 0.5) is 4.39 Å². The Bertz CT molecular complexity index is 434. The zero-order valence-electron chi connectivity index (χ0n) is 12.3. The van der Waals surface area contributed by atoms with Crippen LogP contribution in [0.15, 0.2) is 23.2 Å². The minimum Gasteiger partial charge on any atom is -0.497 e. The summed E-state index contributed by atoms with van der Waals surface area (Å²) >= 11 is 0. The third-order valence-electron chi connectivity index (χ3n) is 2.69. The number of nitrogens with zero attached hydrogens (tertiary/aromatic N) is 3. The van der Waals surface area contributed by atoms with Gasteiger partial charge in [-0.25, -0.2) is 4.39 Å². The fraction of sp³-hybridized carbons (Fsp3) is 0.500. The van der Waals surface area contributed by atoms with Gasteiger partial charge in [-0.05, 0) is 18.1 Å². The number of methoxy groups -OCH3 is 1. The Kier molecular flexibility index (Phi) is 5.60. The molecular formula is C14H22FN3O. The Balaban J connectivity index is 2.69. The SMILES string of the molecule is COc1ccc(CCN=C(N(C)C)N(C)C)c(F)c1. The third-order valence-corrected chi connectivity index (χ3v) is 2.69. The van der Waals surface area contributed by atoms with Crippen LogP contribution in [0.2, 0.25) is 0 Å². The van der Waals surface area contributed by atoms with E-state index in [2.05, 4.69) is 4.99 Å². The van der Waals surface area contributed by atoms with Gasteiger partial charge in [0.15, 0.2) is 5.96 Å². The first kappa shape index (κ1) is 15.3. The maximum atomic E-state index is 13.7. The summed E-state index contributed by atoms with van der Waals surface area (Å²) in [6.45, 7) is 0.551. The molecule has 0 amide bonds. The lowest BCUT2D eigenvalue weighted by Gasteiger charge is -2.22. The van der Waals surface area contributed by atoms with E-state index in [1.165, 1.54) is 13.2 Å². The summed E-state index contributed by atoms with van der Waals surface area (Å²) < 4.78 is 18.7. The lowest BCUT2D eigenvalue weighted by Crippen LogP contribution is -2.35. The largest absolute Gasteiger partial charge is 0.497 e. The Morgan fingerprint density at radius 3 is 2.32 bits per heavy atom. The molecular weight excluding hydrogens is 245 g/mol. The van der Waals surface area contributed by atoms with Crippen molar-refractivity contribution in [2.24, 2.45) is 4.99 Å². The molecule has 1 rings (SSSR count). The number of aliphatic imine (C=N–C) groups is 1. The van der Waals surface area contributed by atoms with Crippen molar-refractivity contribution in [3.8, 4) is 5.75 Å². The summed E-state index contributed by atoms with van der Waals surface area (Å²) in [5.41, 5.74) is 0.654. The van der Waals surface area contributed by atoms with Crippen molar-refractivity contribution < 1.29 is 9.13 Å². The van der Waals surface area contributed by atoms with Gasteiger partial charge in [-0.3, -0.25) is 4.99 Å².